The fourth-order valence-corrected chi connectivity index (χ4v) is 4.02. The summed E-state index contributed by atoms with van der Waals surface area (Å²) in [6.07, 6.45) is 5.13. The highest BCUT2D eigenvalue weighted by molar-refractivity contribution is 5.97. The van der Waals surface area contributed by atoms with Gasteiger partial charge in [0, 0.05) is 19.5 Å². The molecule has 0 unspecified atom stereocenters. The first-order chi connectivity index (χ1) is 13.6. The van der Waals surface area contributed by atoms with Crippen LogP contribution in [0, 0.1) is 0 Å². The minimum atomic E-state index is -0.408. The van der Waals surface area contributed by atoms with E-state index in [2.05, 4.69) is 20.8 Å². The van der Waals surface area contributed by atoms with E-state index in [1.807, 2.05) is 30.1 Å². The molecule has 0 atom stereocenters. The SMILES string of the molecule is CN(C(=O)CCn1cnnn1)C1CCC2(CC1)CNC(=O)c1ccccc1O2. The first-order valence-corrected chi connectivity index (χ1v) is 9.59. The number of para-hydroxylation sites is 1. The molecule has 1 aromatic carbocycles. The van der Waals surface area contributed by atoms with Gasteiger partial charge in [-0.1, -0.05) is 12.1 Å². The molecule has 1 aromatic heterocycles. The molecule has 28 heavy (non-hydrogen) atoms. The Morgan fingerprint density at radius 2 is 2.14 bits per heavy atom. The summed E-state index contributed by atoms with van der Waals surface area (Å²) >= 11 is 0. The molecule has 1 aliphatic carbocycles. The molecule has 2 aliphatic rings. The van der Waals surface area contributed by atoms with Gasteiger partial charge in [0.2, 0.25) is 5.91 Å². The second kappa shape index (κ2) is 7.57. The van der Waals surface area contributed by atoms with E-state index < -0.39 is 5.60 Å². The van der Waals surface area contributed by atoms with Crippen LogP contribution in [0.2, 0.25) is 0 Å². The molecule has 1 N–H and O–H groups in total. The number of ether oxygens (including phenoxy) is 1. The van der Waals surface area contributed by atoms with Crippen LogP contribution >= 0.6 is 0 Å². The summed E-state index contributed by atoms with van der Waals surface area (Å²) in [4.78, 5) is 26.7. The van der Waals surface area contributed by atoms with Crippen LogP contribution in [0.4, 0.5) is 0 Å². The van der Waals surface area contributed by atoms with E-state index in [1.54, 1.807) is 10.7 Å². The number of aromatic nitrogens is 4. The molecule has 1 fully saturated rings. The van der Waals surface area contributed by atoms with Gasteiger partial charge in [0.15, 0.2) is 0 Å². The summed E-state index contributed by atoms with van der Waals surface area (Å²) in [7, 11) is 1.86. The minimum absolute atomic E-state index is 0.0804. The predicted octanol–water partition coefficient (Wildman–Crippen LogP) is 1.03. The van der Waals surface area contributed by atoms with Crippen LogP contribution in [0.3, 0.4) is 0 Å². The lowest BCUT2D eigenvalue weighted by Crippen LogP contribution is -2.51. The van der Waals surface area contributed by atoms with Crippen molar-refractivity contribution in [3.05, 3.63) is 36.2 Å². The zero-order valence-corrected chi connectivity index (χ0v) is 15.9. The summed E-state index contributed by atoms with van der Waals surface area (Å²) in [5, 5.41) is 13.9. The lowest BCUT2D eigenvalue weighted by molar-refractivity contribution is -0.133. The van der Waals surface area contributed by atoms with Gasteiger partial charge in [-0.25, -0.2) is 4.68 Å². The van der Waals surface area contributed by atoms with Crippen LogP contribution in [-0.2, 0) is 11.3 Å². The number of carbonyl (C=O) groups is 2. The molecule has 4 rings (SSSR count). The van der Waals surface area contributed by atoms with Gasteiger partial charge in [0.1, 0.15) is 17.7 Å². The maximum Gasteiger partial charge on any atom is 0.255 e. The number of amides is 2. The number of rotatable bonds is 4. The third-order valence-corrected chi connectivity index (χ3v) is 5.78. The number of aryl methyl sites for hydroxylation is 1. The van der Waals surface area contributed by atoms with Crippen LogP contribution in [0.15, 0.2) is 30.6 Å². The Morgan fingerprint density at radius 1 is 1.36 bits per heavy atom. The van der Waals surface area contributed by atoms with Crippen molar-refractivity contribution in [2.75, 3.05) is 13.6 Å². The Labute approximate surface area is 163 Å². The topological polar surface area (TPSA) is 102 Å². The second-order valence-corrected chi connectivity index (χ2v) is 7.52. The highest BCUT2D eigenvalue weighted by Crippen LogP contribution is 2.37. The number of fused-ring (bicyclic) bond motifs is 1. The molecular weight excluding hydrogens is 360 g/mol. The highest BCUT2D eigenvalue weighted by Gasteiger charge is 2.41. The quantitative estimate of drug-likeness (QED) is 0.845. The summed E-state index contributed by atoms with van der Waals surface area (Å²) in [5.41, 5.74) is 0.172. The molecule has 2 aromatic rings. The Bertz CT molecular complexity index is 845. The molecule has 0 radical (unpaired) electrons. The van der Waals surface area contributed by atoms with Crippen molar-refractivity contribution in [3.8, 4) is 5.75 Å². The van der Waals surface area contributed by atoms with E-state index in [9.17, 15) is 9.59 Å². The van der Waals surface area contributed by atoms with Gasteiger partial charge in [0.05, 0.1) is 18.7 Å². The minimum Gasteiger partial charge on any atom is -0.485 e. The highest BCUT2D eigenvalue weighted by atomic mass is 16.5. The predicted molar refractivity (Wildman–Crippen MR) is 99.6 cm³/mol. The van der Waals surface area contributed by atoms with Gasteiger partial charge in [0.25, 0.3) is 5.91 Å². The van der Waals surface area contributed by atoms with Crippen molar-refractivity contribution in [1.82, 2.24) is 30.4 Å². The van der Waals surface area contributed by atoms with E-state index in [1.165, 1.54) is 6.33 Å². The maximum atomic E-state index is 12.5. The number of hydrogen-bond acceptors (Lipinski definition) is 6. The number of hydrogen-bond donors (Lipinski definition) is 1. The van der Waals surface area contributed by atoms with Crippen molar-refractivity contribution in [2.24, 2.45) is 0 Å². The molecule has 1 aliphatic heterocycles. The molecule has 0 bridgehead atoms. The molecule has 0 saturated heterocycles. The standard InChI is InChI=1S/C19H24N6O3/c1-24(17(26)8-11-25-13-21-22-23-25)14-6-9-19(10-7-14)12-20-18(27)15-4-2-3-5-16(15)28-19/h2-5,13-14H,6-12H2,1H3,(H,20,27). The first kappa shape index (κ1) is 18.4. The fourth-order valence-electron chi connectivity index (χ4n) is 4.02. The lowest BCUT2D eigenvalue weighted by atomic mass is 9.81. The van der Waals surface area contributed by atoms with E-state index in [4.69, 9.17) is 4.74 Å². The van der Waals surface area contributed by atoms with Crippen LogP contribution in [-0.4, -0.2) is 62.2 Å². The van der Waals surface area contributed by atoms with E-state index >= 15 is 0 Å². The average molecular weight is 384 g/mol. The van der Waals surface area contributed by atoms with E-state index in [-0.39, 0.29) is 17.9 Å². The monoisotopic (exact) mass is 384 g/mol. The number of carbonyl (C=O) groups excluding carboxylic acids is 2. The smallest absolute Gasteiger partial charge is 0.255 e. The van der Waals surface area contributed by atoms with Gasteiger partial charge in [-0.15, -0.1) is 5.10 Å². The van der Waals surface area contributed by atoms with Crippen molar-refractivity contribution < 1.29 is 14.3 Å². The normalized spacial score (nSPS) is 24.0. The van der Waals surface area contributed by atoms with Crippen molar-refractivity contribution in [3.63, 3.8) is 0 Å². The zero-order valence-electron chi connectivity index (χ0n) is 15.9. The van der Waals surface area contributed by atoms with Crippen LogP contribution in [0.5, 0.6) is 5.75 Å². The zero-order chi connectivity index (χ0) is 19.6. The lowest BCUT2D eigenvalue weighted by Gasteiger charge is -2.42. The Hall–Kier alpha value is -2.97. The van der Waals surface area contributed by atoms with Crippen molar-refractivity contribution in [1.29, 1.82) is 0 Å². The molecular formula is C19H24N6O3. The molecule has 1 spiro atoms. The number of nitrogens with zero attached hydrogens (tertiary/aromatic N) is 5. The summed E-state index contributed by atoms with van der Waals surface area (Å²) < 4.78 is 7.89. The third-order valence-electron chi connectivity index (χ3n) is 5.78. The Morgan fingerprint density at radius 3 is 2.89 bits per heavy atom. The van der Waals surface area contributed by atoms with Crippen LogP contribution < -0.4 is 10.1 Å². The molecule has 2 heterocycles. The third kappa shape index (κ3) is 3.69. The summed E-state index contributed by atoms with van der Waals surface area (Å²) in [5.74, 6) is 0.628. The van der Waals surface area contributed by atoms with E-state index in [0.717, 1.165) is 25.7 Å². The molecule has 148 valence electrons. The van der Waals surface area contributed by atoms with Gasteiger partial charge in [-0.05, 0) is 48.2 Å². The van der Waals surface area contributed by atoms with Gasteiger partial charge < -0.3 is 15.0 Å². The van der Waals surface area contributed by atoms with E-state index in [0.29, 0.717) is 30.8 Å². The van der Waals surface area contributed by atoms with Crippen LogP contribution in [0.25, 0.3) is 0 Å². The van der Waals surface area contributed by atoms with Gasteiger partial charge in [-0.2, -0.15) is 0 Å². The molecule has 9 nitrogen and oxygen atoms in total. The van der Waals surface area contributed by atoms with Crippen molar-refractivity contribution >= 4 is 11.8 Å². The van der Waals surface area contributed by atoms with Gasteiger partial charge in [-0.3, -0.25) is 9.59 Å². The first-order valence-electron chi connectivity index (χ1n) is 9.59. The van der Waals surface area contributed by atoms with Crippen LogP contribution in [0.1, 0.15) is 42.5 Å². The number of nitrogens with one attached hydrogen (secondary N) is 1. The maximum absolute atomic E-state index is 12.5. The largest absolute Gasteiger partial charge is 0.485 e. The molecule has 1 saturated carbocycles. The molecule has 2 amide bonds. The Balaban J connectivity index is 1.36. The van der Waals surface area contributed by atoms with Gasteiger partial charge >= 0.3 is 0 Å². The number of benzene rings is 1. The number of tetrazole rings is 1. The second-order valence-electron chi connectivity index (χ2n) is 7.52. The molecule has 9 heteroatoms. The average Bonchev–Trinajstić information content (AvgIpc) is 3.20. The summed E-state index contributed by atoms with van der Waals surface area (Å²) in [6.45, 7) is 0.961. The summed E-state index contributed by atoms with van der Waals surface area (Å²) in [6, 6.07) is 7.53. The van der Waals surface area contributed by atoms with Crippen molar-refractivity contribution in [2.45, 2.75) is 50.3 Å². The fraction of sp³-hybridized carbons (Fsp3) is 0.526. The Kier molecular flexibility index (Phi) is 4.97.